The van der Waals surface area contributed by atoms with Gasteiger partial charge in [-0.25, -0.2) is 4.39 Å². The first-order chi connectivity index (χ1) is 9.56. The predicted octanol–water partition coefficient (Wildman–Crippen LogP) is 2.23. The molecule has 3 rings (SSSR count). The van der Waals surface area contributed by atoms with Gasteiger partial charge >= 0.3 is 0 Å². The fraction of sp³-hybridized carbons (Fsp3) is 0.333. The lowest BCUT2D eigenvalue weighted by Crippen LogP contribution is -2.32. The summed E-state index contributed by atoms with van der Waals surface area (Å²) in [6.07, 6.45) is 0.574. The summed E-state index contributed by atoms with van der Waals surface area (Å²) in [5.41, 5.74) is 3.17. The summed E-state index contributed by atoms with van der Waals surface area (Å²) >= 11 is 0. The first-order valence-electron chi connectivity index (χ1n) is 6.65. The predicted molar refractivity (Wildman–Crippen MR) is 74.2 cm³/mol. The summed E-state index contributed by atoms with van der Waals surface area (Å²) in [6, 6.07) is 6.81. The minimum absolute atomic E-state index is 0.0550. The SMILES string of the molecule is Cc1cc(C)n(CC(=O)N2CCc3c(F)cccc32)n1. The number of carbonyl (C=O) groups is 1. The second kappa shape index (κ2) is 4.74. The number of halogens is 1. The van der Waals surface area contributed by atoms with E-state index < -0.39 is 0 Å². The fourth-order valence-corrected chi connectivity index (χ4v) is 2.70. The van der Waals surface area contributed by atoms with Crippen molar-refractivity contribution in [3.63, 3.8) is 0 Å². The van der Waals surface area contributed by atoms with Crippen LogP contribution in [0.3, 0.4) is 0 Å². The number of carbonyl (C=O) groups excluding carboxylic acids is 1. The fourth-order valence-electron chi connectivity index (χ4n) is 2.70. The average molecular weight is 273 g/mol. The maximum atomic E-state index is 13.7. The zero-order valence-corrected chi connectivity index (χ0v) is 11.6. The van der Waals surface area contributed by atoms with E-state index in [9.17, 15) is 9.18 Å². The Morgan fingerprint density at radius 2 is 2.20 bits per heavy atom. The Kier molecular flexibility index (Phi) is 3.04. The third-order valence-electron chi connectivity index (χ3n) is 3.66. The van der Waals surface area contributed by atoms with Gasteiger partial charge < -0.3 is 4.90 Å². The molecular weight excluding hydrogens is 257 g/mol. The number of anilines is 1. The topological polar surface area (TPSA) is 38.1 Å². The molecule has 5 heteroatoms. The van der Waals surface area contributed by atoms with Crippen molar-refractivity contribution in [1.29, 1.82) is 0 Å². The van der Waals surface area contributed by atoms with Crippen molar-refractivity contribution < 1.29 is 9.18 Å². The van der Waals surface area contributed by atoms with E-state index in [4.69, 9.17) is 0 Å². The first-order valence-corrected chi connectivity index (χ1v) is 6.65. The molecule has 0 saturated carbocycles. The molecule has 20 heavy (non-hydrogen) atoms. The molecule has 2 heterocycles. The molecule has 1 aliphatic rings. The molecule has 1 aliphatic heterocycles. The lowest BCUT2D eigenvalue weighted by atomic mass is 10.1. The number of benzene rings is 1. The van der Waals surface area contributed by atoms with E-state index in [-0.39, 0.29) is 18.3 Å². The molecule has 0 unspecified atom stereocenters. The lowest BCUT2D eigenvalue weighted by Gasteiger charge is -2.17. The van der Waals surface area contributed by atoms with Gasteiger partial charge in [0, 0.05) is 23.5 Å². The monoisotopic (exact) mass is 273 g/mol. The maximum Gasteiger partial charge on any atom is 0.248 e. The zero-order chi connectivity index (χ0) is 14.3. The summed E-state index contributed by atoms with van der Waals surface area (Å²) < 4.78 is 15.4. The molecule has 0 fully saturated rings. The van der Waals surface area contributed by atoms with E-state index in [1.54, 1.807) is 21.7 Å². The van der Waals surface area contributed by atoms with Gasteiger partial charge in [0.1, 0.15) is 12.4 Å². The summed E-state index contributed by atoms with van der Waals surface area (Å²) in [6.45, 7) is 4.55. The molecule has 0 N–H and O–H groups in total. The van der Waals surface area contributed by atoms with Crippen molar-refractivity contribution >= 4 is 11.6 Å². The van der Waals surface area contributed by atoms with Gasteiger partial charge in [0.15, 0.2) is 0 Å². The molecule has 1 amide bonds. The number of nitrogens with zero attached hydrogens (tertiary/aromatic N) is 3. The summed E-state index contributed by atoms with van der Waals surface area (Å²) in [4.78, 5) is 14.0. The minimum Gasteiger partial charge on any atom is -0.310 e. The molecule has 0 spiro atoms. The highest BCUT2D eigenvalue weighted by molar-refractivity contribution is 5.95. The first kappa shape index (κ1) is 12.8. The molecule has 0 aliphatic carbocycles. The minimum atomic E-state index is -0.232. The van der Waals surface area contributed by atoms with E-state index in [0.29, 0.717) is 24.2 Å². The van der Waals surface area contributed by atoms with Crippen molar-refractivity contribution in [2.24, 2.45) is 0 Å². The summed E-state index contributed by atoms with van der Waals surface area (Å²) in [5.74, 6) is -0.288. The molecule has 0 radical (unpaired) electrons. The van der Waals surface area contributed by atoms with Crippen molar-refractivity contribution in [1.82, 2.24) is 9.78 Å². The molecule has 0 bridgehead atoms. The Bertz CT molecular complexity index is 678. The van der Waals surface area contributed by atoms with E-state index in [2.05, 4.69) is 5.10 Å². The maximum absolute atomic E-state index is 13.7. The van der Waals surface area contributed by atoms with E-state index >= 15 is 0 Å². The molecule has 1 aromatic heterocycles. The number of hydrogen-bond acceptors (Lipinski definition) is 2. The van der Waals surface area contributed by atoms with E-state index in [1.807, 2.05) is 19.9 Å². The van der Waals surface area contributed by atoms with Crippen LogP contribution >= 0.6 is 0 Å². The van der Waals surface area contributed by atoms with Crippen molar-refractivity contribution in [3.05, 3.63) is 47.0 Å². The summed E-state index contributed by atoms with van der Waals surface area (Å²) in [5, 5.41) is 4.29. The molecular formula is C15H16FN3O. The molecule has 104 valence electrons. The number of fused-ring (bicyclic) bond motifs is 1. The van der Waals surface area contributed by atoms with Gasteiger partial charge in [-0.05, 0) is 38.5 Å². The Balaban J connectivity index is 1.84. The second-order valence-electron chi connectivity index (χ2n) is 5.12. The highest BCUT2D eigenvalue weighted by Crippen LogP contribution is 2.30. The smallest absolute Gasteiger partial charge is 0.248 e. The van der Waals surface area contributed by atoms with Crippen LogP contribution in [0.5, 0.6) is 0 Å². The second-order valence-corrected chi connectivity index (χ2v) is 5.12. The largest absolute Gasteiger partial charge is 0.310 e. The highest BCUT2D eigenvalue weighted by atomic mass is 19.1. The quantitative estimate of drug-likeness (QED) is 0.841. The van der Waals surface area contributed by atoms with Crippen LogP contribution in [-0.2, 0) is 17.8 Å². The third-order valence-corrected chi connectivity index (χ3v) is 3.66. The van der Waals surface area contributed by atoms with Gasteiger partial charge in [-0.3, -0.25) is 9.48 Å². The molecule has 1 aromatic carbocycles. The third kappa shape index (κ3) is 2.09. The van der Waals surface area contributed by atoms with Crippen LogP contribution in [0.4, 0.5) is 10.1 Å². The van der Waals surface area contributed by atoms with E-state index in [1.165, 1.54) is 6.07 Å². The Morgan fingerprint density at radius 1 is 1.40 bits per heavy atom. The number of rotatable bonds is 2. The highest BCUT2D eigenvalue weighted by Gasteiger charge is 2.27. The van der Waals surface area contributed by atoms with Crippen molar-refractivity contribution in [2.75, 3.05) is 11.4 Å². The lowest BCUT2D eigenvalue weighted by molar-refractivity contribution is -0.119. The Hall–Kier alpha value is -2.17. The number of aryl methyl sites for hydroxylation is 2. The molecule has 0 atom stereocenters. The summed E-state index contributed by atoms with van der Waals surface area (Å²) in [7, 11) is 0. The van der Waals surface area contributed by atoms with Gasteiger partial charge in [0.25, 0.3) is 0 Å². The number of amides is 1. The Labute approximate surface area is 116 Å². The van der Waals surface area contributed by atoms with Gasteiger partial charge in [-0.15, -0.1) is 0 Å². The van der Waals surface area contributed by atoms with Crippen LogP contribution in [-0.4, -0.2) is 22.2 Å². The zero-order valence-electron chi connectivity index (χ0n) is 11.6. The molecule has 4 nitrogen and oxygen atoms in total. The average Bonchev–Trinajstić information content (AvgIpc) is 2.94. The normalized spacial score (nSPS) is 13.7. The van der Waals surface area contributed by atoms with Crippen LogP contribution in [0.2, 0.25) is 0 Å². The van der Waals surface area contributed by atoms with Gasteiger partial charge in [0.05, 0.1) is 5.69 Å². The van der Waals surface area contributed by atoms with Gasteiger partial charge in [0.2, 0.25) is 5.91 Å². The standard InChI is InChI=1S/C15H16FN3O/c1-10-8-11(2)19(17-10)9-15(20)18-7-6-12-13(16)4-3-5-14(12)18/h3-5,8H,6-7,9H2,1-2H3. The number of aromatic nitrogens is 2. The molecule has 2 aromatic rings. The van der Waals surface area contributed by atoms with Crippen LogP contribution in [0.15, 0.2) is 24.3 Å². The van der Waals surface area contributed by atoms with Crippen LogP contribution in [0.25, 0.3) is 0 Å². The molecule has 0 saturated heterocycles. The van der Waals surface area contributed by atoms with Crippen molar-refractivity contribution in [3.8, 4) is 0 Å². The van der Waals surface area contributed by atoms with Gasteiger partial charge in [-0.1, -0.05) is 6.07 Å². The Morgan fingerprint density at radius 3 is 2.90 bits per heavy atom. The van der Waals surface area contributed by atoms with Crippen LogP contribution in [0.1, 0.15) is 17.0 Å². The van der Waals surface area contributed by atoms with Crippen LogP contribution < -0.4 is 4.90 Å². The van der Waals surface area contributed by atoms with E-state index in [0.717, 1.165) is 11.4 Å². The number of hydrogen-bond donors (Lipinski definition) is 0. The van der Waals surface area contributed by atoms with Crippen molar-refractivity contribution in [2.45, 2.75) is 26.8 Å². The van der Waals surface area contributed by atoms with Crippen LogP contribution in [0, 0.1) is 19.7 Å². The van der Waals surface area contributed by atoms with Gasteiger partial charge in [-0.2, -0.15) is 5.10 Å².